The van der Waals surface area contributed by atoms with Gasteiger partial charge in [0.2, 0.25) is 0 Å². The first kappa shape index (κ1) is 29.2. The van der Waals surface area contributed by atoms with E-state index in [0.717, 1.165) is 20.2 Å². The largest absolute Gasteiger partial charge is 0.464 e. The number of hydrogen-bond donors (Lipinski definition) is 4. The molecule has 1 aliphatic heterocycles. The minimum atomic E-state index is -4.61. The van der Waals surface area contributed by atoms with Crippen molar-refractivity contribution in [2.75, 3.05) is 25.6 Å². The van der Waals surface area contributed by atoms with Crippen molar-refractivity contribution in [1.29, 1.82) is 0 Å². The molecule has 0 spiro atoms. The minimum absolute atomic E-state index is 0.133. The Morgan fingerprint density at radius 2 is 2.05 bits per heavy atom. The second-order valence-electron chi connectivity index (χ2n) is 9.30. The fourth-order valence-corrected chi connectivity index (χ4v) is 4.42. The highest BCUT2D eigenvalue weighted by atomic mass is 31.1. The summed E-state index contributed by atoms with van der Waals surface area (Å²) in [5.74, 6) is -0.984. The summed E-state index contributed by atoms with van der Waals surface area (Å²) in [4.78, 5) is 15.9. The minimum Gasteiger partial charge on any atom is -0.464 e. The van der Waals surface area contributed by atoms with Crippen LogP contribution < -0.4 is 10.8 Å². The molecule has 208 valence electrons. The van der Waals surface area contributed by atoms with E-state index in [1.54, 1.807) is 0 Å². The highest BCUT2D eigenvalue weighted by molar-refractivity contribution is 7.36. The van der Waals surface area contributed by atoms with E-state index in [1.165, 1.54) is 23.6 Å². The van der Waals surface area contributed by atoms with Crippen molar-refractivity contribution in [3.63, 3.8) is 0 Å². The first-order valence-corrected chi connectivity index (χ1v) is 12.3. The number of nitrogens with zero attached hydrogens (tertiary/aromatic N) is 3. The lowest BCUT2D eigenvalue weighted by molar-refractivity contribution is -0.226. The van der Waals surface area contributed by atoms with E-state index < -0.39 is 75.6 Å². The number of carbonyl (C=O) groups is 1. The molecular weight excluding hydrogens is 529 g/mol. The highest BCUT2D eigenvalue weighted by Crippen LogP contribution is 2.42. The number of hydrogen-bond acceptors (Lipinski definition) is 10. The number of carbonyl (C=O) groups excluding carboxylic acids is 1. The Labute approximate surface area is 209 Å². The molecule has 17 heteroatoms. The fraction of sp³-hybridized carbons (Fsp3) is 0.650. The zero-order chi connectivity index (χ0) is 27.8. The van der Waals surface area contributed by atoms with Crippen molar-refractivity contribution < 1.29 is 51.1 Å². The van der Waals surface area contributed by atoms with Crippen LogP contribution in [0.1, 0.15) is 32.6 Å². The Hall–Kier alpha value is -2.36. The monoisotopic (exact) mass is 557 g/mol. The van der Waals surface area contributed by atoms with Crippen LogP contribution in [-0.4, -0.2) is 80.7 Å². The van der Waals surface area contributed by atoms with Crippen LogP contribution in [0.15, 0.2) is 18.5 Å². The van der Waals surface area contributed by atoms with Gasteiger partial charge in [0.25, 0.3) is 8.18 Å². The summed E-state index contributed by atoms with van der Waals surface area (Å²) in [6, 6.07) is 1.70. The third-order valence-corrected chi connectivity index (χ3v) is 7.12. The maximum atomic E-state index is 14.1. The summed E-state index contributed by atoms with van der Waals surface area (Å²) in [5, 5.41) is 27.4. The molecule has 0 amide bonds. The molecule has 0 aliphatic carbocycles. The molecule has 0 bridgehead atoms. The lowest BCUT2D eigenvalue weighted by atomic mass is 9.94. The Morgan fingerprint density at radius 3 is 2.68 bits per heavy atom. The molecule has 6 atom stereocenters. The normalized spacial score (nSPS) is 26.4. The van der Waals surface area contributed by atoms with Crippen molar-refractivity contribution in [2.24, 2.45) is 5.41 Å². The van der Waals surface area contributed by atoms with E-state index >= 15 is 0 Å². The predicted octanol–water partition coefficient (Wildman–Crippen LogP) is 1.33. The third kappa shape index (κ3) is 5.89. The van der Waals surface area contributed by atoms with Crippen LogP contribution in [0.2, 0.25) is 0 Å². The van der Waals surface area contributed by atoms with Crippen LogP contribution >= 0.6 is 8.18 Å². The molecule has 1 fully saturated rings. The first-order chi connectivity index (χ1) is 17.1. The van der Waals surface area contributed by atoms with Crippen LogP contribution in [0, 0.1) is 5.41 Å². The zero-order valence-corrected chi connectivity index (χ0v) is 21.0. The number of esters is 1. The van der Waals surface area contributed by atoms with E-state index in [9.17, 15) is 37.1 Å². The van der Waals surface area contributed by atoms with E-state index in [0.29, 0.717) is 5.52 Å². The van der Waals surface area contributed by atoms with Crippen LogP contribution in [0.5, 0.6) is 0 Å². The van der Waals surface area contributed by atoms with E-state index in [-0.39, 0.29) is 11.5 Å². The van der Waals surface area contributed by atoms with Gasteiger partial charge in [0.1, 0.15) is 55.1 Å². The van der Waals surface area contributed by atoms with Gasteiger partial charge in [-0.15, -0.1) is 0 Å². The molecule has 0 saturated carbocycles. The Kier molecular flexibility index (Phi) is 8.51. The number of ether oxygens (including phenoxy) is 2. The number of fused-ring (bicyclic) bond motifs is 1. The van der Waals surface area contributed by atoms with E-state index in [4.69, 9.17) is 15.0 Å². The summed E-state index contributed by atoms with van der Waals surface area (Å²) in [7, 11) is -3.30. The molecule has 3 rings (SSSR count). The van der Waals surface area contributed by atoms with Crippen molar-refractivity contribution in [3.8, 4) is 0 Å². The Morgan fingerprint density at radius 1 is 1.38 bits per heavy atom. The van der Waals surface area contributed by atoms with Gasteiger partial charge >= 0.3 is 12.1 Å². The SMILES string of the molecule is C[C@H](N[PH](=O)OC[C@@]1(CF)O[C@@H](c2ccc3c(N)ncnn23)[C@H](O)[C@@H]1O)C(=O)OCC(C)(C)C(F)(F)F. The third-order valence-electron chi connectivity index (χ3n) is 6.04. The van der Waals surface area contributed by atoms with Crippen LogP contribution in [-0.2, 0) is 23.4 Å². The molecule has 1 aliphatic rings. The molecule has 12 nitrogen and oxygen atoms in total. The standard InChI is InChI=1S/C20H28F4N5O7P/c1-10(17(32)34-7-18(2,3)20(22,23)24)28-37(33)35-8-19(6-21)15(31)13(30)14(36-19)11-4-5-12-16(25)26-9-27-29(11)12/h4-5,9-10,13-15,30-31,37H,6-8H2,1-3H3,(H,28,33)(H2,25,26,27)/t10-,13-,14-,15-,19+/m0/s1. The molecule has 1 saturated heterocycles. The number of aromatic nitrogens is 3. The molecule has 1 unspecified atom stereocenters. The van der Waals surface area contributed by atoms with Gasteiger partial charge in [-0.1, -0.05) is 0 Å². The second-order valence-corrected chi connectivity index (χ2v) is 10.5. The maximum absolute atomic E-state index is 14.1. The van der Waals surface area contributed by atoms with Gasteiger partial charge in [0.15, 0.2) is 5.82 Å². The summed E-state index contributed by atoms with van der Waals surface area (Å²) < 4.78 is 81.9. The topological polar surface area (TPSA) is 171 Å². The number of rotatable bonds is 10. The van der Waals surface area contributed by atoms with Gasteiger partial charge in [0, 0.05) is 0 Å². The molecular formula is C20H28F4N5O7P. The van der Waals surface area contributed by atoms with Gasteiger partial charge in [-0.05, 0) is 32.9 Å². The molecule has 3 heterocycles. The van der Waals surface area contributed by atoms with E-state index in [2.05, 4.69) is 19.9 Å². The summed E-state index contributed by atoms with van der Waals surface area (Å²) >= 11 is 0. The van der Waals surface area contributed by atoms with Crippen molar-refractivity contribution >= 4 is 25.5 Å². The maximum Gasteiger partial charge on any atom is 0.397 e. The number of aliphatic hydroxyl groups is 2. The molecule has 37 heavy (non-hydrogen) atoms. The number of aliphatic hydroxyl groups excluding tert-OH is 2. The number of nitrogens with two attached hydrogens (primary N) is 1. The summed E-state index contributed by atoms with van der Waals surface area (Å²) in [6.45, 7) is -0.208. The molecule has 2 aromatic heterocycles. The van der Waals surface area contributed by atoms with Gasteiger partial charge in [-0.2, -0.15) is 18.3 Å². The van der Waals surface area contributed by atoms with Gasteiger partial charge in [-0.3, -0.25) is 9.36 Å². The molecule has 5 N–H and O–H groups in total. The molecule has 0 radical (unpaired) electrons. The average molecular weight is 557 g/mol. The van der Waals surface area contributed by atoms with Crippen LogP contribution in [0.25, 0.3) is 5.52 Å². The van der Waals surface area contributed by atoms with Gasteiger partial charge in [0.05, 0.1) is 17.7 Å². The van der Waals surface area contributed by atoms with Gasteiger partial charge < -0.3 is 29.9 Å². The van der Waals surface area contributed by atoms with Crippen molar-refractivity contribution in [3.05, 3.63) is 24.2 Å². The summed E-state index contributed by atoms with van der Waals surface area (Å²) in [5.41, 5.74) is 1.97. The van der Waals surface area contributed by atoms with E-state index in [1.807, 2.05) is 0 Å². The van der Waals surface area contributed by atoms with Crippen molar-refractivity contribution in [1.82, 2.24) is 19.7 Å². The number of anilines is 1. The Bertz CT molecular complexity index is 1150. The first-order valence-electron chi connectivity index (χ1n) is 11.0. The number of nitrogen functional groups attached to an aromatic ring is 1. The highest BCUT2D eigenvalue weighted by Gasteiger charge is 2.56. The second kappa shape index (κ2) is 10.8. The number of alkyl halides is 4. The quantitative estimate of drug-likeness (QED) is 0.189. The zero-order valence-electron chi connectivity index (χ0n) is 20.0. The lowest BCUT2D eigenvalue weighted by Gasteiger charge is -2.29. The van der Waals surface area contributed by atoms with Crippen LogP contribution in [0.4, 0.5) is 23.4 Å². The van der Waals surface area contributed by atoms with Gasteiger partial charge in [-0.25, -0.2) is 19.0 Å². The lowest BCUT2D eigenvalue weighted by Crippen LogP contribution is -2.48. The summed E-state index contributed by atoms with van der Waals surface area (Å²) in [6.07, 6.45) is -8.17. The number of halogens is 4. The number of nitrogens with one attached hydrogen (secondary N) is 1. The molecule has 0 aromatic carbocycles. The fourth-order valence-electron chi connectivity index (χ4n) is 3.48. The molecule has 2 aromatic rings. The average Bonchev–Trinajstić information content (AvgIpc) is 3.36. The Balaban J connectivity index is 1.62. The van der Waals surface area contributed by atoms with Crippen LogP contribution in [0.3, 0.4) is 0 Å². The smallest absolute Gasteiger partial charge is 0.397 e. The van der Waals surface area contributed by atoms with Crippen molar-refractivity contribution in [2.45, 2.75) is 56.9 Å². The predicted molar refractivity (Wildman–Crippen MR) is 120 cm³/mol.